The molecular formula is C59H93F15O9. The van der Waals surface area contributed by atoms with Gasteiger partial charge >= 0.3 is 54.8 Å². The van der Waals surface area contributed by atoms with E-state index >= 15 is 0 Å². The van der Waals surface area contributed by atoms with Crippen molar-refractivity contribution in [1.29, 1.82) is 0 Å². The van der Waals surface area contributed by atoms with Crippen LogP contribution in [0.3, 0.4) is 0 Å². The van der Waals surface area contributed by atoms with Crippen LogP contribution in [0.4, 0.5) is 65.9 Å². The van der Waals surface area contributed by atoms with Gasteiger partial charge in [0.1, 0.15) is 24.4 Å². The highest BCUT2D eigenvalue weighted by Crippen LogP contribution is 2.60. The number of aliphatic hydroxyl groups is 1. The van der Waals surface area contributed by atoms with Gasteiger partial charge in [-0.25, -0.2) is 0 Å². The number of carbonyl (C=O) groups is 4. The Morgan fingerprint density at radius 3 is 1.13 bits per heavy atom. The summed E-state index contributed by atoms with van der Waals surface area (Å²) in [5, 5.41) is 9.41. The molecule has 0 radical (unpaired) electrons. The predicted molar refractivity (Wildman–Crippen MR) is 279 cm³/mol. The van der Waals surface area contributed by atoms with Crippen LogP contribution in [0, 0.1) is 86.8 Å². The topological polar surface area (TPSA) is 125 Å². The zero-order valence-electron chi connectivity index (χ0n) is 51.2. The number of ether oxygens (including phenoxy) is 4. The van der Waals surface area contributed by atoms with Crippen LogP contribution in [0.2, 0.25) is 0 Å². The molecule has 0 aromatic heterocycles. The first-order chi connectivity index (χ1) is 37.3. The van der Waals surface area contributed by atoms with Crippen LogP contribution in [-0.2, 0) is 38.1 Å². The third-order valence-electron chi connectivity index (χ3n) is 19.2. The molecule has 12 atom stereocenters. The fourth-order valence-corrected chi connectivity index (χ4v) is 12.4. The maximum Gasteiger partial charge on any atom is 0.426 e. The molecule has 1 N–H and O–H groups in total. The van der Waals surface area contributed by atoms with Crippen molar-refractivity contribution in [3.8, 4) is 0 Å². The molecule has 5 fully saturated rings. The number of carbonyl (C=O) groups excluding carboxylic acids is 4. The second-order valence-corrected chi connectivity index (χ2v) is 26.6. The van der Waals surface area contributed by atoms with Crippen molar-refractivity contribution in [2.75, 3.05) is 0 Å². The standard InChI is InChI=1S/C17H21F9O3.C16H26O2.2C13H23F3O2/c1-3-13(2,15(18,19)20)12(27)29-11-6-8-4-9(10(11)5-8)7-14(28,16(21,22)23)17(24,25)26;1-4-16(2,3)15(17)18-14-9-10-8-13(14)12-7-5-6-11(10)12;2*1-7-12(6,13(14,15)16)11(17)18-10(8(2)3)9(4)5/h8-11,28H,3-7H2,1-2H3;10-14H,4-9H2,1-3H3;2*8-10H,7H2,1-6H3. The number of alkyl halides is 15. The second kappa shape index (κ2) is 27.9. The van der Waals surface area contributed by atoms with Crippen molar-refractivity contribution in [2.45, 2.75) is 262 Å². The molecular weight excluding hydrogens is 1140 g/mol. The van der Waals surface area contributed by atoms with Crippen molar-refractivity contribution in [2.24, 2.45) is 86.8 Å². The molecule has 5 saturated carbocycles. The molecule has 5 rings (SSSR count). The number of hydrogen-bond donors (Lipinski definition) is 1. The van der Waals surface area contributed by atoms with Crippen LogP contribution < -0.4 is 0 Å². The third kappa shape index (κ3) is 17.1. The highest BCUT2D eigenvalue weighted by molar-refractivity contribution is 5.79. The Morgan fingerprint density at radius 1 is 0.434 bits per heavy atom. The molecule has 5 aliphatic carbocycles. The first kappa shape index (κ1) is 75.9. The van der Waals surface area contributed by atoms with Crippen molar-refractivity contribution in [3.63, 3.8) is 0 Å². The molecule has 0 saturated heterocycles. The van der Waals surface area contributed by atoms with E-state index in [1.165, 1.54) is 39.5 Å². The Labute approximate surface area is 480 Å². The number of fused-ring (bicyclic) bond motifs is 7. The van der Waals surface area contributed by atoms with E-state index in [-0.39, 0.29) is 79.2 Å². The molecule has 4 bridgehead atoms. The summed E-state index contributed by atoms with van der Waals surface area (Å²) in [7, 11) is 0. The molecule has 5 aliphatic rings. The molecule has 0 aliphatic heterocycles. The minimum atomic E-state index is -5.98. The lowest BCUT2D eigenvalue weighted by Gasteiger charge is -2.38. The lowest BCUT2D eigenvalue weighted by molar-refractivity contribution is -0.373. The minimum Gasteiger partial charge on any atom is -0.462 e. The SMILES string of the molecule is CCC(C)(C(=O)OC(C(C)C)C(C)C)C(F)(F)F.CCC(C)(C(=O)OC(C(C)C)C(C)C)C(F)(F)F.CCC(C)(C(=O)OC1CC2CC(CC(O)(C(F)(F)F)C(F)(F)F)C1C2)C(F)(F)F.CCC(C)(C)C(=O)OC1CC2CC1C1CCCC21. The van der Waals surface area contributed by atoms with Gasteiger partial charge in [0, 0.05) is 0 Å². The minimum absolute atomic E-state index is 0.0108. The van der Waals surface area contributed by atoms with Gasteiger partial charge in [-0.1, -0.05) is 89.5 Å². The van der Waals surface area contributed by atoms with Crippen molar-refractivity contribution in [3.05, 3.63) is 0 Å². The van der Waals surface area contributed by atoms with Gasteiger partial charge in [-0.05, 0) is 177 Å². The van der Waals surface area contributed by atoms with Gasteiger partial charge in [-0.2, -0.15) is 65.9 Å². The number of halogens is 15. The number of hydrogen-bond acceptors (Lipinski definition) is 9. The number of rotatable bonds is 18. The maximum absolute atomic E-state index is 13.2. The fourth-order valence-electron chi connectivity index (χ4n) is 12.4. The molecule has 0 aromatic rings. The van der Waals surface area contributed by atoms with Crippen LogP contribution >= 0.6 is 0 Å². The molecule has 0 spiro atoms. The molecule has 488 valence electrons. The molecule has 0 heterocycles. The summed E-state index contributed by atoms with van der Waals surface area (Å²) < 4.78 is 216. The van der Waals surface area contributed by atoms with E-state index in [0.29, 0.717) is 12.8 Å². The zero-order chi connectivity index (χ0) is 65.0. The van der Waals surface area contributed by atoms with Crippen LogP contribution in [0.25, 0.3) is 0 Å². The summed E-state index contributed by atoms with van der Waals surface area (Å²) in [6.45, 7) is 26.9. The van der Waals surface area contributed by atoms with Gasteiger partial charge < -0.3 is 24.1 Å². The van der Waals surface area contributed by atoms with Crippen molar-refractivity contribution < 1.29 is 109 Å². The van der Waals surface area contributed by atoms with Crippen molar-refractivity contribution in [1.82, 2.24) is 0 Å². The Kier molecular flexibility index (Phi) is 25.5. The van der Waals surface area contributed by atoms with Crippen LogP contribution in [0.15, 0.2) is 0 Å². The van der Waals surface area contributed by atoms with Gasteiger partial charge in [-0.3, -0.25) is 19.2 Å². The monoisotopic (exact) mass is 1230 g/mol. The van der Waals surface area contributed by atoms with Gasteiger partial charge in [-0.15, -0.1) is 0 Å². The molecule has 24 heteroatoms. The molecule has 12 unspecified atom stereocenters. The second-order valence-electron chi connectivity index (χ2n) is 26.6. The lowest BCUT2D eigenvalue weighted by Crippen LogP contribution is -2.58. The van der Waals surface area contributed by atoms with E-state index < -0.39 is 114 Å². The molecule has 0 amide bonds. The van der Waals surface area contributed by atoms with Crippen molar-refractivity contribution >= 4 is 23.9 Å². The van der Waals surface area contributed by atoms with Gasteiger partial charge in [0.15, 0.2) is 16.2 Å². The molecule has 83 heavy (non-hydrogen) atoms. The maximum atomic E-state index is 13.2. The summed E-state index contributed by atoms with van der Waals surface area (Å²) in [5.74, 6) is -3.21. The van der Waals surface area contributed by atoms with Gasteiger partial charge in [0.05, 0.1) is 5.41 Å². The largest absolute Gasteiger partial charge is 0.462 e. The van der Waals surface area contributed by atoms with E-state index in [1.54, 1.807) is 0 Å². The molecule has 9 nitrogen and oxygen atoms in total. The van der Waals surface area contributed by atoms with Crippen LogP contribution in [0.1, 0.15) is 201 Å². The Bertz CT molecular complexity index is 2030. The Hall–Kier alpha value is -3.21. The first-order valence-corrected chi connectivity index (χ1v) is 29.2. The summed E-state index contributed by atoms with van der Waals surface area (Å²) in [6.07, 6.45) is -23.3. The average Bonchev–Trinajstić information content (AvgIpc) is 4.38. The molecule has 0 aromatic carbocycles. The van der Waals surface area contributed by atoms with Gasteiger partial charge in [0.2, 0.25) is 0 Å². The first-order valence-electron chi connectivity index (χ1n) is 29.2. The van der Waals surface area contributed by atoms with Crippen LogP contribution in [-0.4, -0.2) is 89.9 Å². The fraction of sp³-hybridized carbons (Fsp3) is 0.932. The highest BCUT2D eigenvalue weighted by atomic mass is 19.4. The highest BCUT2D eigenvalue weighted by Gasteiger charge is 2.72. The number of esters is 4. The average molecular weight is 1230 g/mol. The zero-order valence-corrected chi connectivity index (χ0v) is 51.2. The predicted octanol–water partition coefficient (Wildman–Crippen LogP) is 17.3. The Morgan fingerprint density at radius 2 is 0.795 bits per heavy atom. The lowest BCUT2D eigenvalue weighted by atomic mass is 9.78. The summed E-state index contributed by atoms with van der Waals surface area (Å²) in [6, 6.07) is 0. The summed E-state index contributed by atoms with van der Waals surface area (Å²) >= 11 is 0. The van der Waals surface area contributed by atoms with E-state index in [1.807, 2.05) is 69.2 Å². The van der Waals surface area contributed by atoms with E-state index in [9.17, 15) is 90.1 Å². The third-order valence-corrected chi connectivity index (χ3v) is 19.2. The van der Waals surface area contributed by atoms with E-state index in [4.69, 9.17) is 18.9 Å². The van der Waals surface area contributed by atoms with Crippen LogP contribution in [0.5, 0.6) is 0 Å². The smallest absolute Gasteiger partial charge is 0.426 e. The summed E-state index contributed by atoms with van der Waals surface area (Å²) in [5.41, 5.74) is -12.9. The van der Waals surface area contributed by atoms with Gasteiger partial charge in [0.25, 0.3) is 5.60 Å². The Balaban J connectivity index is 0.000000388. The van der Waals surface area contributed by atoms with E-state index in [2.05, 4.69) is 6.92 Å². The quantitative estimate of drug-likeness (QED) is 0.0811. The normalized spacial score (nSPS) is 26.8. The summed E-state index contributed by atoms with van der Waals surface area (Å²) in [4.78, 5) is 48.0. The van der Waals surface area contributed by atoms with E-state index in [0.717, 1.165) is 51.4 Å².